The fourth-order valence-corrected chi connectivity index (χ4v) is 1.62. The first-order chi connectivity index (χ1) is 7.65. The Balaban J connectivity index is 2.65. The van der Waals surface area contributed by atoms with Crippen LogP contribution >= 0.6 is 0 Å². The Hall–Kier alpha value is -1.55. The van der Waals surface area contributed by atoms with Gasteiger partial charge in [0.1, 0.15) is 5.75 Å². The molecule has 0 bridgehead atoms. The van der Waals surface area contributed by atoms with Crippen LogP contribution in [-0.4, -0.2) is 24.7 Å². The molecule has 0 heterocycles. The molecule has 1 atom stereocenters. The Kier molecular flexibility index (Phi) is 4.79. The molecule has 16 heavy (non-hydrogen) atoms. The van der Waals surface area contributed by atoms with Gasteiger partial charge in [0.2, 0.25) is 0 Å². The zero-order valence-corrected chi connectivity index (χ0v) is 9.35. The minimum atomic E-state index is -0.807. The van der Waals surface area contributed by atoms with Crippen molar-refractivity contribution in [1.82, 2.24) is 0 Å². The van der Waals surface area contributed by atoms with Crippen molar-refractivity contribution in [1.29, 1.82) is 0 Å². The lowest BCUT2D eigenvalue weighted by Crippen LogP contribution is -2.20. The van der Waals surface area contributed by atoms with Gasteiger partial charge in [-0.3, -0.25) is 4.79 Å². The van der Waals surface area contributed by atoms with Crippen molar-refractivity contribution >= 4 is 5.97 Å². The van der Waals surface area contributed by atoms with Crippen molar-refractivity contribution in [2.24, 2.45) is 11.7 Å². The molecule has 88 valence electrons. The van der Waals surface area contributed by atoms with Gasteiger partial charge in [-0.25, -0.2) is 0 Å². The van der Waals surface area contributed by atoms with E-state index in [1.54, 1.807) is 7.11 Å². The molecule has 0 aliphatic heterocycles. The SMILES string of the molecule is COc1cccc(CC(CN)CC(=O)O)c1. The quantitative estimate of drug-likeness (QED) is 0.762. The summed E-state index contributed by atoms with van der Waals surface area (Å²) in [5, 5.41) is 8.71. The van der Waals surface area contributed by atoms with Gasteiger partial charge < -0.3 is 15.6 Å². The lowest BCUT2D eigenvalue weighted by atomic mass is 9.96. The Morgan fingerprint density at radius 1 is 1.56 bits per heavy atom. The van der Waals surface area contributed by atoms with Crippen molar-refractivity contribution in [3.63, 3.8) is 0 Å². The molecular formula is C12H17NO3. The molecule has 0 saturated carbocycles. The van der Waals surface area contributed by atoms with Crippen LogP contribution in [0.1, 0.15) is 12.0 Å². The van der Waals surface area contributed by atoms with Gasteiger partial charge in [-0.1, -0.05) is 12.1 Å². The fourth-order valence-electron chi connectivity index (χ4n) is 1.62. The van der Waals surface area contributed by atoms with Crippen molar-refractivity contribution in [3.8, 4) is 5.75 Å². The molecule has 1 unspecified atom stereocenters. The highest BCUT2D eigenvalue weighted by molar-refractivity contribution is 5.67. The van der Waals surface area contributed by atoms with Crippen molar-refractivity contribution in [2.45, 2.75) is 12.8 Å². The molecule has 0 fully saturated rings. The Labute approximate surface area is 95.0 Å². The third kappa shape index (κ3) is 3.90. The molecule has 0 radical (unpaired) electrons. The predicted octanol–water partition coefficient (Wildman–Crippen LogP) is 1.29. The maximum absolute atomic E-state index is 10.6. The van der Waals surface area contributed by atoms with Crippen LogP contribution in [-0.2, 0) is 11.2 Å². The summed E-state index contributed by atoms with van der Waals surface area (Å²) in [6.45, 7) is 0.378. The standard InChI is InChI=1S/C12H17NO3/c1-16-11-4-2-3-9(6-11)5-10(8-13)7-12(14)15/h2-4,6,10H,5,7-8,13H2,1H3,(H,14,15). The monoisotopic (exact) mass is 223 g/mol. The average Bonchev–Trinajstić information content (AvgIpc) is 2.28. The lowest BCUT2D eigenvalue weighted by Gasteiger charge is -2.12. The minimum Gasteiger partial charge on any atom is -0.497 e. The van der Waals surface area contributed by atoms with Gasteiger partial charge in [-0.05, 0) is 36.6 Å². The number of carboxylic acid groups (broad SMARTS) is 1. The summed E-state index contributed by atoms with van der Waals surface area (Å²) >= 11 is 0. The Morgan fingerprint density at radius 2 is 2.31 bits per heavy atom. The predicted molar refractivity (Wildman–Crippen MR) is 61.5 cm³/mol. The van der Waals surface area contributed by atoms with E-state index in [-0.39, 0.29) is 12.3 Å². The van der Waals surface area contributed by atoms with E-state index in [0.717, 1.165) is 11.3 Å². The number of benzene rings is 1. The van der Waals surface area contributed by atoms with E-state index < -0.39 is 5.97 Å². The van der Waals surface area contributed by atoms with E-state index in [0.29, 0.717) is 13.0 Å². The van der Waals surface area contributed by atoms with Crippen molar-refractivity contribution in [2.75, 3.05) is 13.7 Å². The van der Waals surface area contributed by atoms with E-state index in [4.69, 9.17) is 15.6 Å². The lowest BCUT2D eigenvalue weighted by molar-refractivity contribution is -0.138. The molecule has 4 heteroatoms. The van der Waals surface area contributed by atoms with Gasteiger partial charge in [-0.15, -0.1) is 0 Å². The molecule has 0 aliphatic rings. The van der Waals surface area contributed by atoms with E-state index in [2.05, 4.69) is 0 Å². The number of methoxy groups -OCH3 is 1. The highest BCUT2D eigenvalue weighted by Crippen LogP contribution is 2.17. The van der Waals surface area contributed by atoms with E-state index in [1.165, 1.54) is 0 Å². The van der Waals surface area contributed by atoms with Gasteiger partial charge in [0.15, 0.2) is 0 Å². The fraction of sp³-hybridized carbons (Fsp3) is 0.417. The second-order valence-electron chi connectivity index (χ2n) is 3.76. The summed E-state index contributed by atoms with van der Waals surface area (Å²) in [7, 11) is 1.61. The number of carbonyl (C=O) groups is 1. The minimum absolute atomic E-state index is 0.0235. The molecular weight excluding hydrogens is 206 g/mol. The zero-order valence-electron chi connectivity index (χ0n) is 9.35. The van der Waals surface area contributed by atoms with Gasteiger partial charge in [0.05, 0.1) is 7.11 Å². The maximum Gasteiger partial charge on any atom is 0.303 e. The van der Waals surface area contributed by atoms with E-state index >= 15 is 0 Å². The van der Waals surface area contributed by atoms with Crippen molar-refractivity contribution in [3.05, 3.63) is 29.8 Å². The summed E-state index contributed by atoms with van der Waals surface area (Å²) in [5.74, 6) is -0.0495. The first-order valence-electron chi connectivity index (χ1n) is 5.20. The Morgan fingerprint density at radius 3 is 2.88 bits per heavy atom. The third-order valence-electron chi connectivity index (χ3n) is 2.46. The van der Waals surface area contributed by atoms with Crippen LogP contribution in [0, 0.1) is 5.92 Å². The van der Waals surface area contributed by atoms with Crippen LogP contribution in [0.4, 0.5) is 0 Å². The summed E-state index contributed by atoms with van der Waals surface area (Å²) < 4.78 is 5.10. The molecule has 3 N–H and O–H groups in total. The molecule has 0 saturated heterocycles. The first kappa shape index (κ1) is 12.5. The van der Waals surface area contributed by atoms with Crippen LogP contribution < -0.4 is 10.5 Å². The van der Waals surface area contributed by atoms with Crippen LogP contribution in [0.2, 0.25) is 0 Å². The molecule has 0 aromatic heterocycles. The van der Waals surface area contributed by atoms with Crippen LogP contribution in [0.15, 0.2) is 24.3 Å². The summed E-state index contributed by atoms with van der Waals surface area (Å²) in [4.78, 5) is 10.6. The number of ether oxygens (including phenoxy) is 1. The third-order valence-corrected chi connectivity index (χ3v) is 2.46. The summed E-state index contributed by atoms with van der Waals surface area (Å²) in [6.07, 6.45) is 0.772. The molecule has 1 aromatic rings. The second-order valence-corrected chi connectivity index (χ2v) is 3.76. The van der Waals surface area contributed by atoms with Gasteiger partial charge >= 0.3 is 5.97 Å². The molecule has 1 rings (SSSR count). The zero-order chi connectivity index (χ0) is 12.0. The smallest absolute Gasteiger partial charge is 0.303 e. The normalized spacial score (nSPS) is 12.1. The molecule has 0 spiro atoms. The second kappa shape index (κ2) is 6.12. The summed E-state index contributed by atoms with van der Waals surface area (Å²) in [6, 6.07) is 7.61. The highest BCUT2D eigenvalue weighted by Gasteiger charge is 2.12. The van der Waals surface area contributed by atoms with E-state index in [9.17, 15) is 4.79 Å². The topological polar surface area (TPSA) is 72.5 Å². The number of hydrogen-bond donors (Lipinski definition) is 2. The van der Waals surface area contributed by atoms with Gasteiger partial charge in [0, 0.05) is 6.42 Å². The molecule has 1 aromatic carbocycles. The number of carboxylic acids is 1. The van der Waals surface area contributed by atoms with Gasteiger partial charge in [-0.2, -0.15) is 0 Å². The van der Waals surface area contributed by atoms with Crippen molar-refractivity contribution < 1.29 is 14.6 Å². The van der Waals surface area contributed by atoms with Crippen LogP contribution in [0.5, 0.6) is 5.75 Å². The number of hydrogen-bond acceptors (Lipinski definition) is 3. The molecule has 4 nitrogen and oxygen atoms in total. The first-order valence-corrected chi connectivity index (χ1v) is 5.20. The number of rotatable bonds is 6. The molecule has 0 amide bonds. The Bertz CT molecular complexity index is 352. The summed E-state index contributed by atoms with van der Waals surface area (Å²) in [5.41, 5.74) is 6.60. The molecule has 0 aliphatic carbocycles. The average molecular weight is 223 g/mol. The largest absolute Gasteiger partial charge is 0.497 e. The van der Waals surface area contributed by atoms with E-state index in [1.807, 2.05) is 24.3 Å². The highest BCUT2D eigenvalue weighted by atomic mass is 16.5. The number of nitrogens with two attached hydrogens (primary N) is 1. The van der Waals surface area contributed by atoms with Gasteiger partial charge in [0.25, 0.3) is 0 Å². The van der Waals surface area contributed by atoms with Crippen LogP contribution in [0.3, 0.4) is 0 Å². The van der Waals surface area contributed by atoms with Crippen LogP contribution in [0.25, 0.3) is 0 Å². The number of aliphatic carboxylic acids is 1. The maximum atomic E-state index is 10.6.